The van der Waals surface area contributed by atoms with Crippen molar-refractivity contribution in [2.45, 2.75) is 13.0 Å². The molecule has 0 saturated carbocycles. The van der Waals surface area contributed by atoms with Crippen LogP contribution in [0.1, 0.15) is 29.0 Å². The number of amides is 1. The van der Waals surface area contributed by atoms with Crippen LogP contribution in [0.5, 0.6) is 0 Å². The Labute approximate surface area is 180 Å². The summed E-state index contributed by atoms with van der Waals surface area (Å²) in [6.45, 7) is 3.23. The predicted octanol–water partition coefficient (Wildman–Crippen LogP) is 3.80. The van der Waals surface area contributed by atoms with Crippen LogP contribution in [-0.2, 0) is 0 Å². The quantitative estimate of drug-likeness (QED) is 0.447. The lowest BCUT2D eigenvalue weighted by atomic mass is 10.0. The summed E-state index contributed by atoms with van der Waals surface area (Å²) in [6, 6.07) is 15.5. The van der Waals surface area contributed by atoms with Crippen LogP contribution in [-0.4, -0.2) is 57.8 Å². The number of carbonyl (C=O) groups is 1. The maximum atomic E-state index is 13.4. The molecule has 1 atom stereocenters. The van der Waals surface area contributed by atoms with Gasteiger partial charge in [-0.1, -0.05) is 42.5 Å². The molecule has 8 nitrogen and oxygen atoms in total. The molecule has 0 N–H and O–H groups in total. The number of hydrogen-bond acceptors (Lipinski definition) is 6. The molecule has 31 heavy (non-hydrogen) atoms. The number of nitro groups is 1. The van der Waals surface area contributed by atoms with Gasteiger partial charge in [0.2, 0.25) is 0 Å². The van der Waals surface area contributed by atoms with E-state index >= 15 is 0 Å². The fourth-order valence-corrected chi connectivity index (χ4v) is 3.75. The SMILES string of the molecule is CC1c2nc(-c3ccccc3)nc(-c3cccc([N+](=O)[O-])c3)c2C(=O)N1CCN(C)C. The maximum absolute atomic E-state index is 13.4. The molecule has 8 heteroatoms. The van der Waals surface area contributed by atoms with E-state index in [1.54, 1.807) is 17.0 Å². The summed E-state index contributed by atoms with van der Waals surface area (Å²) < 4.78 is 0. The van der Waals surface area contributed by atoms with E-state index in [9.17, 15) is 14.9 Å². The van der Waals surface area contributed by atoms with Gasteiger partial charge in [0, 0.05) is 36.3 Å². The summed E-state index contributed by atoms with van der Waals surface area (Å²) in [5.74, 6) is 0.348. The monoisotopic (exact) mass is 417 g/mol. The van der Waals surface area contributed by atoms with Crippen molar-refractivity contribution in [1.29, 1.82) is 0 Å². The summed E-state index contributed by atoms with van der Waals surface area (Å²) in [5, 5.41) is 11.3. The molecular formula is C23H23N5O3. The molecule has 0 saturated heterocycles. The first kappa shape index (κ1) is 20.6. The molecule has 0 aliphatic carbocycles. The van der Waals surface area contributed by atoms with E-state index < -0.39 is 4.92 Å². The summed E-state index contributed by atoms with van der Waals surface area (Å²) in [7, 11) is 3.92. The number of hydrogen-bond donors (Lipinski definition) is 0. The number of fused-ring (bicyclic) bond motifs is 1. The van der Waals surface area contributed by atoms with Gasteiger partial charge in [0.15, 0.2) is 5.82 Å². The van der Waals surface area contributed by atoms with Gasteiger partial charge >= 0.3 is 0 Å². The van der Waals surface area contributed by atoms with Crippen molar-refractivity contribution in [2.24, 2.45) is 0 Å². The van der Waals surface area contributed by atoms with Gasteiger partial charge in [0.1, 0.15) is 0 Å². The van der Waals surface area contributed by atoms with Crippen LogP contribution in [0, 0.1) is 10.1 Å². The molecule has 1 unspecified atom stereocenters. The molecule has 4 rings (SSSR count). The first-order chi connectivity index (χ1) is 14.9. The van der Waals surface area contributed by atoms with Crippen molar-refractivity contribution in [3.63, 3.8) is 0 Å². The number of likely N-dealkylation sites (N-methyl/N-ethyl adjacent to an activating group) is 1. The first-order valence-electron chi connectivity index (χ1n) is 10.0. The van der Waals surface area contributed by atoms with E-state index in [0.717, 1.165) is 12.1 Å². The molecule has 0 fully saturated rings. The van der Waals surface area contributed by atoms with E-state index in [1.807, 2.05) is 56.3 Å². The molecule has 1 aliphatic rings. The molecule has 0 spiro atoms. The van der Waals surface area contributed by atoms with Gasteiger partial charge in [-0.3, -0.25) is 14.9 Å². The Morgan fingerprint density at radius 1 is 1.06 bits per heavy atom. The molecule has 3 aromatic rings. The molecule has 0 radical (unpaired) electrons. The van der Waals surface area contributed by atoms with Crippen LogP contribution in [0.25, 0.3) is 22.6 Å². The smallest absolute Gasteiger partial charge is 0.270 e. The van der Waals surface area contributed by atoms with Gasteiger partial charge in [0.05, 0.1) is 27.9 Å². The van der Waals surface area contributed by atoms with Crippen LogP contribution in [0.2, 0.25) is 0 Å². The van der Waals surface area contributed by atoms with Gasteiger partial charge in [-0.05, 0) is 21.0 Å². The van der Waals surface area contributed by atoms with E-state index in [0.29, 0.717) is 34.9 Å². The van der Waals surface area contributed by atoms with Crippen molar-refractivity contribution in [3.05, 3.63) is 76.0 Å². The van der Waals surface area contributed by atoms with Crippen LogP contribution < -0.4 is 0 Å². The van der Waals surface area contributed by atoms with Crippen LogP contribution in [0.3, 0.4) is 0 Å². The van der Waals surface area contributed by atoms with E-state index in [1.165, 1.54) is 12.1 Å². The Morgan fingerprint density at radius 2 is 1.77 bits per heavy atom. The second kappa shape index (κ2) is 8.23. The number of aromatic nitrogens is 2. The largest absolute Gasteiger partial charge is 0.329 e. The summed E-state index contributed by atoms with van der Waals surface area (Å²) in [5.41, 5.74) is 2.81. The fraction of sp³-hybridized carbons (Fsp3) is 0.261. The Kier molecular flexibility index (Phi) is 5.48. The molecule has 2 heterocycles. The standard InChI is InChI=1S/C23H23N5O3/c1-15-20-19(23(29)27(15)13-12-26(2)3)21(17-10-7-11-18(14-17)28(30)31)25-22(24-20)16-8-5-4-6-9-16/h4-11,14-15H,12-13H2,1-3H3. The lowest BCUT2D eigenvalue weighted by molar-refractivity contribution is -0.384. The highest BCUT2D eigenvalue weighted by atomic mass is 16.6. The fourth-order valence-electron chi connectivity index (χ4n) is 3.75. The van der Waals surface area contributed by atoms with Gasteiger partial charge in [0.25, 0.3) is 11.6 Å². The zero-order valence-corrected chi connectivity index (χ0v) is 17.6. The summed E-state index contributed by atoms with van der Waals surface area (Å²) >= 11 is 0. The molecular weight excluding hydrogens is 394 g/mol. The third kappa shape index (κ3) is 3.89. The van der Waals surface area contributed by atoms with Gasteiger partial charge in [-0.2, -0.15) is 0 Å². The van der Waals surface area contributed by atoms with E-state index in [-0.39, 0.29) is 17.6 Å². The Hall–Kier alpha value is -3.65. The number of nitro benzene ring substituents is 1. The molecule has 158 valence electrons. The second-order valence-electron chi connectivity index (χ2n) is 7.81. The van der Waals surface area contributed by atoms with Gasteiger partial charge in [-0.25, -0.2) is 9.97 Å². The molecule has 0 bridgehead atoms. The van der Waals surface area contributed by atoms with Gasteiger partial charge in [-0.15, -0.1) is 0 Å². The third-order valence-electron chi connectivity index (χ3n) is 5.43. The molecule has 2 aromatic carbocycles. The zero-order chi connectivity index (χ0) is 22.1. The van der Waals surface area contributed by atoms with Crippen molar-refractivity contribution in [2.75, 3.05) is 27.2 Å². The molecule has 1 aromatic heterocycles. The number of rotatable bonds is 6. The number of nitrogens with zero attached hydrogens (tertiary/aromatic N) is 5. The second-order valence-corrected chi connectivity index (χ2v) is 7.81. The van der Waals surface area contributed by atoms with Crippen LogP contribution >= 0.6 is 0 Å². The third-order valence-corrected chi connectivity index (χ3v) is 5.43. The predicted molar refractivity (Wildman–Crippen MR) is 118 cm³/mol. The lowest BCUT2D eigenvalue weighted by Crippen LogP contribution is -2.33. The van der Waals surface area contributed by atoms with Crippen molar-refractivity contribution >= 4 is 11.6 Å². The van der Waals surface area contributed by atoms with Crippen molar-refractivity contribution < 1.29 is 9.72 Å². The van der Waals surface area contributed by atoms with Gasteiger partial charge < -0.3 is 9.80 Å². The average molecular weight is 417 g/mol. The number of non-ortho nitro benzene ring substituents is 1. The topological polar surface area (TPSA) is 92.5 Å². The van der Waals surface area contributed by atoms with Crippen molar-refractivity contribution in [1.82, 2.24) is 19.8 Å². The molecule has 1 aliphatic heterocycles. The van der Waals surface area contributed by atoms with Crippen LogP contribution in [0.15, 0.2) is 54.6 Å². The van der Waals surface area contributed by atoms with E-state index in [4.69, 9.17) is 9.97 Å². The Balaban J connectivity index is 1.90. The normalized spacial score (nSPS) is 15.4. The van der Waals surface area contributed by atoms with E-state index in [2.05, 4.69) is 0 Å². The summed E-state index contributed by atoms with van der Waals surface area (Å²) in [4.78, 5) is 37.5. The highest BCUT2D eigenvalue weighted by Crippen LogP contribution is 2.39. The highest BCUT2D eigenvalue weighted by molar-refractivity contribution is 6.04. The lowest BCUT2D eigenvalue weighted by Gasteiger charge is -2.23. The maximum Gasteiger partial charge on any atom is 0.270 e. The Bertz CT molecular complexity index is 1150. The minimum absolute atomic E-state index is 0.0471. The minimum atomic E-state index is -0.448. The molecule has 1 amide bonds. The highest BCUT2D eigenvalue weighted by Gasteiger charge is 2.38. The van der Waals surface area contributed by atoms with Crippen molar-refractivity contribution in [3.8, 4) is 22.6 Å². The Morgan fingerprint density at radius 3 is 2.45 bits per heavy atom. The first-order valence-corrected chi connectivity index (χ1v) is 10.0. The summed E-state index contributed by atoms with van der Waals surface area (Å²) in [6.07, 6.45) is 0. The zero-order valence-electron chi connectivity index (χ0n) is 17.6. The van der Waals surface area contributed by atoms with Crippen LogP contribution in [0.4, 0.5) is 5.69 Å². The minimum Gasteiger partial charge on any atom is -0.329 e. The average Bonchev–Trinajstić information content (AvgIpc) is 3.02. The number of carbonyl (C=O) groups excluding carboxylic acids is 1. The number of benzene rings is 2.